The van der Waals surface area contributed by atoms with Gasteiger partial charge in [-0.1, -0.05) is 6.92 Å². The monoisotopic (exact) mass is 142 g/mol. The fourth-order valence-corrected chi connectivity index (χ4v) is 1.65. The molecular weight excluding hydrogens is 124 g/mol. The third-order valence-electron chi connectivity index (χ3n) is 2.45. The van der Waals surface area contributed by atoms with E-state index >= 15 is 0 Å². The Labute approximate surface area is 63.4 Å². The van der Waals surface area contributed by atoms with Crippen molar-refractivity contribution in [2.75, 3.05) is 13.1 Å². The van der Waals surface area contributed by atoms with Crippen LogP contribution in [-0.4, -0.2) is 30.1 Å². The molecule has 0 bridgehead atoms. The molecule has 1 aliphatic heterocycles. The fraction of sp³-hybridized carbons (Fsp3) is 1.00. The van der Waals surface area contributed by atoms with Gasteiger partial charge in [-0.25, -0.2) is 0 Å². The molecule has 60 valence electrons. The van der Waals surface area contributed by atoms with Gasteiger partial charge in [0.25, 0.3) is 0 Å². The lowest BCUT2D eigenvalue weighted by Crippen LogP contribution is -2.47. The Morgan fingerprint density at radius 2 is 2.20 bits per heavy atom. The van der Waals surface area contributed by atoms with Crippen LogP contribution < -0.4 is 5.73 Å². The van der Waals surface area contributed by atoms with Gasteiger partial charge < -0.3 is 5.73 Å². The molecule has 0 aromatic rings. The summed E-state index contributed by atoms with van der Waals surface area (Å²) >= 11 is 0. The van der Waals surface area contributed by atoms with Crippen LogP contribution in [0.3, 0.4) is 0 Å². The summed E-state index contributed by atoms with van der Waals surface area (Å²) in [5.74, 6) is 0. The highest BCUT2D eigenvalue weighted by atomic mass is 15.2. The Kier molecular flexibility index (Phi) is 2.69. The first-order valence-electron chi connectivity index (χ1n) is 4.23. The standard InChI is InChI=1S/C8H18N2/c1-3-10-6-8(9)5-4-7(10)2/h7-8H,3-6,9H2,1-2H3. The summed E-state index contributed by atoms with van der Waals surface area (Å²) in [7, 11) is 0. The lowest BCUT2D eigenvalue weighted by molar-refractivity contribution is 0.153. The first-order chi connectivity index (χ1) is 4.74. The van der Waals surface area contributed by atoms with Crippen molar-refractivity contribution in [2.24, 2.45) is 5.73 Å². The zero-order valence-electron chi connectivity index (χ0n) is 7.01. The highest BCUT2D eigenvalue weighted by Gasteiger charge is 2.20. The van der Waals surface area contributed by atoms with Gasteiger partial charge in [-0.15, -0.1) is 0 Å². The zero-order valence-corrected chi connectivity index (χ0v) is 7.01. The molecule has 0 radical (unpaired) electrons. The molecule has 2 N–H and O–H groups in total. The summed E-state index contributed by atoms with van der Waals surface area (Å²) in [5.41, 5.74) is 5.82. The van der Waals surface area contributed by atoms with E-state index < -0.39 is 0 Å². The number of likely N-dealkylation sites (tertiary alicyclic amines) is 1. The van der Waals surface area contributed by atoms with Crippen molar-refractivity contribution in [1.82, 2.24) is 4.90 Å². The van der Waals surface area contributed by atoms with E-state index in [9.17, 15) is 0 Å². The Bertz CT molecular complexity index is 103. The largest absolute Gasteiger partial charge is 0.327 e. The van der Waals surface area contributed by atoms with Crippen LogP contribution in [0.1, 0.15) is 26.7 Å². The van der Waals surface area contributed by atoms with E-state index in [0.717, 1.165) is 19.1 Å². The number of nitrogens with two attached hydrogens (primary N) is 1. The number of rotatable bonds is 1. The second kappa shape index (κ2) is 3.35. The molecule has 0 aliphatic carbocycles. The number of piperidine rings is 1. The molecule has 1 saturated heterocycles. The van der Waals surface area contributed by atoms with Crippen molar-refractivity contribution in [3.05, 3.63) is 0 Å². The summed E-state index contributed by atoms with van der Waals surface area (Å²) in [5, 5.41) is 0. The average Bonchev–Trinajstić information content (AvgIpc) is 1.94. The molecule has 1 heterocycles. The lowest BCUT2D eigenvalue weighted by Gasteiger charge is -2.35. The average molecular weight is 142 g/mol. The predicted octanol–water partition coefficient (Wildman–Crippen LogP) is 0.818. The maximum atomic E-state index is 5.82. The topological polar surface area (TPSA) is 29.3 Å². The van der Waals surface area contributed by atoms with Gasteiger partial charge in [-0.3, -0.25) is 4.90 Å². The van der Waals surface area contributed by atoms with Crippen LogP contribution in [0.2, 0.25) is 0 Å². The summed E-state index contributed by atoms with van der Waals surface area (Å²) in [6, 6.07) is 1.18. The van der Waals surface area contributed by atoms with Crippen molar-refractivity contribution in [2.45, 2.75) is 38.8 Å². The molecule has 2 heteroatoms. The molecule has 0 saturated carbocycles. The maximum Gasteiger partial charge on any atom is 0.0168 e. The first kappa shape index (κ1) is 8.02. The van der Waals surface area contributed by atoms with E-state index in [2.05, 4.69) is 18.7 Å². The van der Waals surface area contributed by atoms with Gasteiger partial charge in [-0.05, 0) is 26.3 Å². The van der Waals surface area contributed by atoms with E-state index in [1.165, 1.54) is 12.8 Å². The maximum absolute atomic E-state index is 5.82. The molecule has 1 aliphatic rings. The van der Waals surface area contributed by atoms with Crippen LogP contribution in [0.25, 0.3) is 0 Å². The smallest absolute Gasteiger partial charge is 0.0168 e. The highest BCUT2D eigenvalue weighted by molar-refractivity contribution is 4.79. The van der Waals surface area contributed by atoms with Crippen LogP contribution in [0.5, 0.6) is 0 Å². The molecule has 1 fully saturated rings. The second-order valence-electron chi connectivity index (χ2n) is 3.27. The number of hydrogen-bond acceptors (Lipinski definition) is 2. The van der Waals surface area contributed by atoms with E-state index in [0.29, 0.717) is 6.04 Å². The molecule has 10 heavy (non-hydrogen) atoms. The van der Waals surface area contributed by atoms with E-state index in [1.54, 1.807) is 0 Å². The molecular formula is C8H18N2. The molecule has 2 nitrogen and oxygen atoms in total. The molecule has 0 amide bonds. The van der Waals surface area contributed by atoms with E-state index in [4.69, 9.17) is 5.73 Å². The van der Waals surface area contributed by atoms with Gasteiger partial charge >= 0.3 is 0 Å². The molecule has 0 aromatic heterocycles. The van der Waals surface area contributed by atoms with Crippen molar-refractivity contribution in [3.63, 3.8) is 0 Å². The van der Waals surface area contributed by atoms with Gasteiger partial charge in [0, 0.05) is 18.6 Å². The molecule has 2 atom stereocenters. The Morgan fingerprint density at radius 3 is 2.70 bits per heavy atom. The van der Waals surface area contributed by atoms with Gasteiger partial charge in [0.2, 0.25) is 0 Å². The third kappa shape index (κ3) is 1.70. The quantitative estimate of drug-likeness (QED) is 0.587. The second-order valence-corrected chi connectivity index (χ2v) is 3.27. The summed E-state index contributed by atoms with van der Waals surface area (Å²) in [6.45, 7) is 6.73. The summed E-state index contributed by atoms with van der Waals surface area (Å²) in [4.78, 5) is 2.45. The van der Waals surface area contributed by atoms with Gasteiger partial charge in [0.05, 0.1) is 0 Å². The van der Waals surface area contributed by atoms with Crippen molar-refractivity contribution >= 4 is 0 Å². The van der Waals surface area contributed by atoms with Gasteiger partial charge in [0.1, 0.15) is 0 Å². The van der Waals surface area contributed by atoms with Crippen molar-refractivity contribution < 1.29 is 0 Å². The van der Waals surface area contributed by atoms with Crippen LogP contribution >= 0.6 is 0 Å². The van der Waals surface area contributed by atoms with Gasteiger partial charge in [-0.2, -0.15) is 0 Å². The van der Waals surface area contributed by atoms with Crippen molar-refractivity contribution in [1.29, 1.82) is 0 Å². The van der Waals surface area contributed by atoms with Gasteiger partial charge in [0.15, 0.2) is 0 Å². The Hall–Kier alpha value is -0.0800. The first-order valence-corrected chi connectivity index (χ1v) is 4.23. The van der Waals surface area contributed by atoms with Crippen LogP contribution in [0.15, 0.2) is 0 Å². The van der Waals surface area contributed by atoms with Crippen molar-refractivity contribution in [3.8, 4) is 0 Å². The van der Waals surface area contributed by atoms with Crippen LogP contribution in [0.4, 0.5) is 0 Å². The number of nitrogens with zero attached hydrogens (tertiary/aromatic N) is 1. The van der Waals surface area contributed by atoms with E-state index in [1.807, 2.05) is 0 Å². The van der Waals surface area contributed by atoms with Crippen LogP contribution in [-0.2, 0) is 0 Å². The SMILES string of the molecule is CCN1CC(N)CCC1C. The summed E-state index contributed by atoms with van der Waals surface area (Å²) < 4.78 is 0. The highest BCUT2D eigenvalue weighted by Crippen LogP contribution is 2.14. The number of likely N-dealkylation sites (N-methyl/N-ethyl adjacent to an activating group) is 1. The fourth-order valence-electron chi connectivity index (χ4n) is 1.65. The van der Waals surface area contributed by atoms with E-state index in [-0.39, 0.29) is 0 Å². The minimum Gasteiger partial charge on any atom is -0.327 e. The third-order valence-corrected chi connectivity index (χ3v) is 2.45. The molecule has 2 unspecified atom stereocenters. The molecule has 0 aromatic carbocycles. The van der Waals surface area contributed by atoms with Crippen LogP contribution in [0, 0.1) is 0 Å². The Balaban J connectivity index is 2.38. The molecule has 1 rings (SSSR count). The lowest BCUT2D eigenvalue weighted by atomic mass is 10.0. The number of hydrogen-bond donors (Lipinski definition) is 1. The minimum absolute atomic E-state index is 0.427. The normalized spacial score (nSPS) is 36.3. The predicted molar refractivity (Wildman–Crippen MR) is 43.9 cm³/mol. The minimum atomic E-state index is 0.427. The molecule has 0 spiro atoms. The Morgan fingerprint density at radius 1 is 1.50 bits per heavy atom. The zero-order chi connectivity index (χ0) is 7.56. The summed E-state index contributed by atoms with van der Waals surface area (Å²) in [6.07, 6.45) is 2.48.